The highest BCUT2D eigenvalue weighted by atomic mass is 16.5. The summed E-state index contributed by atoms with van der Waals surface area (Å²) < 4.78 is 7.07. The molecule has 90 valence electrons. The van der Waals surface area contributed by atoms with Gasteiger partial charge in [0.25, 0.3) is 5.78 Å². The molecule has 5 heteroatoms. The number of ether oxygens (including phenoxy) is 1. The van der Waals surface area contributed by atoms with Crippen LogP contribution in [0.4, 0.5) is 0 Å². The van der Waals surface area contributed by atoms with Gasteiger partial charge in [0.05, 0.1) is 7.11 Å². The Kier molecular flexibility index (Phi) is 2.66. The Morgan fingerprint density at radius 3 is 2.82 bits per heavy atom. The van der Waals surface area contributed by atoms with E-state index in [1.54, 1.807) is 7.11 Å². The van der Waals surface area contributed by atoms with Crippen LogP contribution in [0, 0.1) is 0 Å². The van der Waals surface area contributed by atoms with Crippen LogP contribution in [0.25, 0.3) is 5.78 Å². The molecule has 0 amide bonds. The molecular formula is C12H16N4O. The number of nitrogens with zero attached hydrogens (tertiary/aromatic N) is 4. The van der Waals surface area contributed by atoms with E-state index < -0.39 is 0 Å². The highest BCUT2D eigenvalue weighted by molar-refractivity contribution is 5.32. The molecule has 2 aromatic rings. The van der Waals surface area contributed by atoms with Gasteiger partial charge in [-0.3, -0.25) is 4.40 Å². The minimum atomic E-state index is 0.536. The molecule has 3 rings (SSSR count). The zero-order chi connectivity index (χ0) is 11.7. The summed E-state index contributed by atoms with van der Waals surface area (Å²) in [5.41, 5.74) is 0. The minimum absolute atomic E-state index is 0.536. The Hall–Kier alpha value is -1.65. The highest BCUT2D eigenvalue weighted by Gasteiger charge is 2.21. The average molecular weight is 232 g/mol. The van der Waals surface area contributed by atoms with Crippen LogP contribution in [0.15, 0.2) is 12.3 Å². The third kappa shape index (κ3) is 1.85. The molecule has 1 saturated carbocycles. The van der Waals surface area contributed by atoms with E-state index >= 15 is 0 Å². The topological polar surface area (TPSA) is 52.3 Å². The van der Waals surface area contributed by atoms with E-state index in [0.717, 1.165) is 5.82 Å². The zero-order valence-electron chi connectivity index (χ0n) is 9.96. The number of hydrogen-bond acceptors (Lipinski definition) is 4. The van der Waals surface area contributed by atoms with Gasteiger partial charge in [-0.2, -0.15) is 4.98 Å². The van der Waals surface area contributed by atoms with Crippen LogP contribution in [0.5, 0.6) is 5.88 Å². The average Bonchev–Trinajstić information content (AvgIpc) is 2.82. The van der Waals surface area contributed by atoms with E-state index in [4.69, 9.17) is 4.74 Å². The fourth-order valence-corrected chi connectivity index (χ4v) is 2.54. The Labute approximate surface area is 99.8 Å². The van der Waals surface area contributed by atoms with Gasteiger partial charge in [-0.1, -0.05) is 19.3 Å². The molecule has 0 saturated heterocycles. The molecule has 0 unspecified atom stereocenters. The lowest BCUT2D eigenvalue weighted by atomic mass is 9.89. The van der Waals surface area contributed by atoms with Crippen LogP contribution >= 0.6 is 0 Å². The van der Waals surface area contributed by atoms with Crippen LogP contribution in [0.3, 0.4) is 0 Å². The quantitative estimate of drug-likeness (QED) is 0.796. The third-order valence-corrected chi connectivity index (χ3v) is 3.46. The second kappa shape index (κ2) is 4.31. The second-order valence-corrected chi connectivity index (χ2v) is 4.53. The van der Waals surface area contributed by atoms with Crippen molar-refractivity contribution in [1.29, 1.82) is 0 Å². The number of hydrogen-bond donors (Lipinski definition) is 0. The molecule has 0 bridgehead atoms. The Morgan fingerprint density at radius 1 is 1.24 bits per heavy atom. The van der Waals surface area contributed by atoms with Gasteiger partial charge in [0.1, 0.15) is 5.82 Å². The molecule has 0 N–H and O–H groups in total. The van der Waals surface area contributed by atoms with Crippen molar-refractivity contribution in [3.05, 3.63) is 18.1 Å². The van der Waals surface area contributed by atoms with Crippen molar-refractivity contribution in [1.82, 2.24) is 19.6 Å². The largest absolute Gasteiger partial charge is 0.481 e. The SMILES string of the molecule is COc1ccn2c(C3CCCCC3)nnc2n1. The first-order valence-electron chi connectivity index (χ1n) is 6.14. The van der Waals surface area contributed by atoms with E-state index in [-0.39, 0.29) is 0 Å². The van der Waals surface area contributed by atoms with Gasteiger partial charge < -0.3 is 4.74 Å². The maximum absolute atomic E-state index is 5.08. The first kappa shape index (κ1) is 10.5. The fourth-order valence-electron chi connectivity index (χ4n) is 2.54. The van der Waals surface area contributed by atoms with Gasteiger partial charge in [-0.15, -0.1) is 10.2 Å². The molecule has 17 heavy (non-hydrogen) atoms. The summed E-state index contributed by atoms with van der Waals surface area (Å²) in [5, 5.41) is 8.41. The lowest BCUT2D eigenvalue weighted by Gasteiger charge is -2.19. The van der Waals surface area contributed by atoms with Crippen molar-refractivity contribution in [3.63, 3.8) is 0 Å². The minimum Gasteiger partial charge on any atom is -0.481 e. The molecule has 2 aromatic heterocycles. The molecule has 1 aliphatic rings. The van der Waals surface area contributed by atoms with Gasteiger partial charge in [-0.05, 0) is 12.8 Å². The predicted octanol–water partition coefficient (Wildman–Crippen LogP) is 2.18. The first-order chi connectivity index (χ1) is 8.38. The Bertz CT molecular complexity index is 516. The van der Waals surface area contributed by atoms with Gasteiger partial charge in [0, 0.05) is 18.2 Å². The molecule has 0 spiro atoms. The van der Waals surface area contributed by atoms with E-state index in [1.807, 2.05) is 16.7 Å². The number of methoxy groups -OCH3 is 1. The molecule has 1 aliphatic carbocycles. The van der Waals surface area contributed by atoms with Gasteiger partial charge in [0.2, 0.25) is 5.88 Å². The molecule has 5 nitrogen and oxygen atoms in total. The van der Waals surface area contributed by atoms with Crippen molar-refractivity contribution in [2.24, 2.45) is 0 Å². The maximum atomic E-state index is 5.08. The van der Waals surface area contributed by atoms with E-state index in [2.05, 4.69) is 15.2 Å². The van der Waals surface area contributed by atoms with Crippen LogP contribution in [-0.2, 0) is 0 Å². The second-order valence-electron chi connectivity index (χ2n) is 4.53. The molecule has 0 aliphatic heterocycles. The zero-order valence-corrected chi connectivity index (χ0v) is 9.96. The lowest BCUT2D eigenvalue weighted by molar-refractivity contribution is 0.397. The standard InChI is InChI=1S/C12H16N4O/c1-17-10-7-8-16-11(14-15-12(16)13-10)9-5-3-2-4-6-9/h7-9H,2-6H2,1H3. The smallest absolute Gasteiger partial charge is 0.258 e. The predicted molar refractivity (Wildman–Crippen MR) is 63.2 cm³/mol. The van der Waals surface area contributed by atoms with Gasteiger partial charge in [0.15, 0.2) is 0 Å². The van der Waals surface area contributed by atoms with Crippen LogP contribution in [-0.4, -0.2) is 26.7 Å². The molecule has 1 fully saturated rings. The number of rotatable bonds is 2. The highest BCUT2D eigenvalue weighted by Crippen LogP contribution is 2.31. The fraction of sp³-hybridized carbons (Fsp3) is 0.583. The molecule has 2 heterocycles. The molecule has 0 aromatic carbocycles. The number of aromatic nitrogens is 4. The van der Waals surface area contributed by atoms with Crippen LogP contribution in [0.1, 0.15) is 43.8 Å². The monoisotopic (exact) mass is 232 g/mol. The van der Waals surface area contributed by atoms with Crippen molar-refractivity contribution in [3.8, 4) is 5.88 Å². The van der Waals surface area contributed by atoms with E-state index in [9.17, 15) is 0 Å². The number of fused-ring (bicyclic) bond motifs is 1. The molecule has 0 atom stereocenters. The summed E-state index contributed by atoms with van der Waals surface area (Å²) in [6, 6.07) is 1.85. The maximum Gasteiger partial charge on any atom is 0.258 e. The van der Waals surface area contributed by atoms with Gasteiger partial charge in [-0.25, -0.2) is 0 Å². The summed E-state index contributed by atoms with van der Waals surface area (Å²) in [6.07, 6.45) is 8.32. The van der Waals surface area contributed by atoms with Crippen molar-refractivity contribution in [2.45, 2.75) is 38.0 Å². The van der Waals surface area contributed by atoms with Crippen molar-refractivity contribution < 1.29 is 4.74 Å². The Balaban J connectivity index is 1.99. The van der Waals surface area contributed by atoms with Crippen LogP contribution in [0.2, 0.25) is 0 Å². The Morgan fingerprint density at radius 2 is 2.06 bits per heavy atom. The molecule has 0 radical (unpaired) electrons. The molecular weight excluding hydrogens is 216 g/mol. The van der Waals surface area contributed by atoms with Crippen molar-refractivity contribution in [2.75, 3.05) is 7.11 Å². The summed E-state index contributed by atoms with van der Waals surface area (Å²) in [6.45, 7) is 0. The third-order valence-electron chi connectivity index (χ3n) is 3.46. The van der Waals surface area contributed by atoms with E-state index in [0.29, 0.717) is 17.6 Å². The van der Waals surface area contributed by atoms with E-state index in [1.165, 1.54) is 32.1 Å². The van der Waals surface area contributed by atoms with Crippen molar-refractivity contribution >= 4 is 5.78 Å². The van der Waals surface area contributed by atoms with Gasteiger partial charge >= 0.3 is 0 Å². The lowest BCUT2D eigenvalue weighted by Crippen LogP contribution is -2.08. The first-order valence-corrected chi connectivity index (χ1v) is 6.14. The van der Waals surface area contributed by atoms with Crippen LogP contribution < -0.4 is 4.74 Å². The summed E-state index contributed by atoms with van der Waals surface area (Å²) in [5.74, 6) is 2.80. The summed E-state index contributed by atoms with van der Waals surface area (Å²) in [4.78, 5) is 4.28. The normalized spacial score (nSPS) is 17.5. The summed E-state index contributed by atoms with van der Waals surface area (Å²) in [7, 11) is 1.61. The summed E-state index contributed by atoms with van der Waals surface area (Å²) >= 11 is 0.